The second-order valence-electron chi connectivity index (χ2n) is 6.86. The Morgan fingerprint density at radius 1 is 1.15 bits per heavy atom. The van der Waals surface area contributed by atoms with E-state index in [1.54, 1.807) is 0 Å². The zero-order chi connectivity index (χ0) is 17.9. The molecule has 0 radical (unpaired) electrons. The summed E-state index contributed by atoms with van der Waals surface area (Å²) < 4.78 is 12.1. The normalized spacial score (nSPS) is 18.1. The van der Waals surface area contributed by atoms with Gasteiger partial charge in [-0.1, -0.05) is 40.2 Å². The minimum absolute atomic E-state index is 0.0328. The highest BCUT2D eigenvalue weighted by molar-refractivity contribution is 9.10. The number of aryl methyl sites for hydroxylation is 1. The van der Waals surface area contributed by atoms with Gasteiger partial charge >= 0.3 is 0 Å². The lowest BCUT2D eigenvalue weighted by Gasteiger charge is -2.25. The molecule has 2 aromatic rings. The lowest BCUT2D eigenvalue weighted by atomic mass is 9.83. The third-order valence-corrected chi connectivity index (χ3v) is 5.84. The molecule has 0 saturated heterocycles. The maximum atomic E-state index is 12.5. The highest BCUT2D eigenvalue weighted by Crippen LogP contribution is 2.36. The summed E-state index contributed by atoms with van der Waals surface area (Å²) in [5, 5.41) is 3.12. The summed E-state index contributed by atoms with van der Waals surface area (Å²) in [6.07, 6.45) is 3.78. The predicted octanol–water partition coefficient (Wildman–Crippen LogP) is 4.00. The van der Waals surface area contributed by atoms with Crippen LogP contribution in [0.5, 0.6) is 11.5 Å². The van der Waals surface area contributed by atoms with Crippen molar-refractivity contribution in [3.8, 4) is 11.5 Å². The van der Waals surface area contributed by atoms with Gasteiger partial charge in [0.25, 0.3) is 0 Å². The van der Waals surface area contributed by atoms with Crippen LogP contribution < -0.4 is 14.8 Å². The van der Waals surface area contributed by atoms with Crippen LogP contribution in [0.3, 0.4) is 0 Å². The van der Waals surface area contributed by atoms with E-state index in [-0.39, 0.29) is 5.91 Å². The van der Waals surface area contributed by atoms with Crippen LogP contribution in [0.25, 0.3) is 0 Å². The van der Waals surface area contributed by atoms with E-state index in [2.05, 4.69) is 45.5 Å². The van der Waals surface area contributed by atoms with E-state index >= 15 is 0 Å². The molecule has 1 aliphatic heterocycles. The summed E-state index contributed by atoms with van der Waals surface area (Å²) in [4.78, 5) is 12.5. The van der Waals surface area contributed by atoms with Crippen LogP contribution in [0.15, 0.2) is 40.9 Å². The van der Waals surface area contributed by atoms with E-state index < -0.39 is 0 Å². The van der Waals surface area contributed by atoms with Gasteiger partial charge in [0.2, 0.25) is 5.91 Å². The third-order valence-electron chi connectivity index (χ3n) is 5.10. The molecule has 1 N–H and O–H groups in total. The standard InChI is InChI=1S/C21H22BrNO3/c22-18-12-20-19(25-8-9-26-20)10-16(18)11-21(24)23-13-15-6-3-5-14-4-1-2-7-17(14)15/h1-2,4,7,10,12,15H,3,5-6,8-9,11,13H2,(H,23,24). The molecule has 0 bridgehead atoms. The summed E-state index contributed by atoms with van der Waals surface area (Å²) in [6, 6.07) is 12.4. The Morgan fingerprint density at radius 3 is 2.77 bits per heavy atom. The van der Waals surface area contributed by atoms with E-state index in [0.29, 0.717) is 37.8 Å². The van der Waals surface area contributed by atoms with Crippen molar-refractivity contribution in [2.75, 3.05) is 19.8 Å². The molecule has 136 valence electrons. The first-order valence-corrected chi connectivity index (χ1v) is 9.92. The number of nitrogens with one attached hydrogen (secondary N) is 1. The van der Waals surface area contributed by atoms with Crippen LogP contribution in [0.1, 0.15) is 35.4 Å². The average Bonchev–Trinajstić information content (AvgIpc) is 2.67. The Kier molecular flexibility index (Phi) is 5.16. The van der Waals surface area contributed by atoms with Gasteiger partial charge in [-0.05, 0) is 48.1 Å². The molecular weight excluding hydrogens is 394 g/mol. The first kappa shape index (κ1) is 17.4. The second-order valence-corrected chi connectivity index (χ2v) is 7.71. The third kappa shape index (κ3) is 3.73. The van der Waals surface area contributed by atoms with Gasteiger partial charge in [-0.15, -0.1) is 0 Å². The maximum absolute atomic E-state index is 12.5. The quantitative estimate of drug-likeness (QED) is 0.820. The molecule has 0 aromatic heterocycles. The number of carbonyl (C=O) groups excluding carboxylic acids is 1. The van der Waals surface area contributed by atoms with Gasteiger partial charge in [-0.2, -0.15) is 0 Å². The van der Waals surface area contributed by atoms with Gasteiger partial charge in [0.1, 0.15) is 13.2 Å². The zero-order valence-electron chi connectivity index (χ0n) is 14.6. The number of hydrogen-bond acceptors (Lipinski definition) is 3. The van der Waals surface area contributed by atoms with Crippen molar-refractivity contribution in [2.24, 2.45) is 0 Å². The Bertz CT molecular complexity index is 821. The zero-order valence-corrected chi connectivity index (χ0v) is 16.2. The Hall–Kier alpha value is -2.01. The van der Waals surface area contributed by atoms with Crippen molar-refractivity contribution in [2.45, 2.75) is 31.6 Å². The minimum Gasteiger partial charge on any atom is -0.486 e. The molecule has 2 aromatic carbocycles. The second kappa shape index (κ2) is 7.70. The van der Waals surface area contributed by atoms with Crippen LogP contribution >= 0.6 is 15.9 Å². The molecule has 0 spiro atoms. The summed E-state index contributed by atoms with van der Waals surface area (Å²) in [7, 11) is 0. The molecule has 0 saturated carbocycles. The molecule has 1 atom stereocenters. The van der Waals surface area contributed by atoms with Crippen molar-refractivity contribution in [1.29, 1.82) is 0 Å². The fourth-order valence-corrected chi connectivity index (χ4v) is 4.24. The number of fused-ring (bicyclic) bond motifs is 2. The van der Waals surface area contributed by atoms with Crippen LogP contribution in [-0.2, 0) is 17.6 Å². The van der Waals surface area contributed by atoms with Crippen molar-refractivity contribution >= 4 is 21.8 Å². The first-order valence-electron chi connectivity index (χ1n) is 9.13. The molecule has 1 amide bonds. The van der Waals surface area contributed by atoms with Gasteiger partial charge in [0.15, 0.2) is 11.5 Å². The average molecular weight is 416 g/mol. The Balaban J connectivity index is 1.39. The highest BCUT2D eigenvalue weighted by Gasteiger charge is 2.21. The smallest absolute Gasteiger partial charge is 0.224 e. The molecule has 0 fully saturated rings. The van der Waals surface area contributed by atoms with Crippen LogP contribution in [0.2, 0.25) is 0 Å². The van der Waals surface area contributed by atoms with Gasteiger partial charge < -0.3 is 14.8 Å². The van der Waals surface area contributed by atoms with Crippen molar-refractivity contribution < 1.29 is 14.3 Å². The number of benzene rings is 2. The largest absolute Gasteiger partial charge is 0.486 e. The Labute approximate surface area is 162 Å². The van der Waals surface area contributed by atoms with Crippen LogP contribution in [-0.4, -0.2) is 25.7 Å². The molecule has 2 aliphatic rings. The Morgan fingerprint density at radius 2 is 1.92 bits per heavy atom. The lowest BCUT2D eigenvalue weighted by Crippen LogP contribution is -2.31. The topological polar surface area (TPSA) is 47.6 Å². The number of carbonyl (C=O) groups is 1. The summed E-state index contributed by atoms with van der Waals surface area (Å²) in [6.45, 7) is 1.79. The van der Waals surface area contributed by atoms with E-state index in [0.717, 1.165) is 28.6 Å². The SMILES string of the molecule is O=C(Cc1cc2c(cc1Br)OCCO2)NCC1CCCc2ccccc21. The molecule has 4 nitrogen and oxygen atoms in total. The van der Waals surface area contributed by atoms with E-state index in [4.69, 9.17) is 9.47 Å². The van der Waals surface area contributed by atoms with Crippen molar-refractivity contribution in [3.05, 3.63) is 57.6 Å². The van der Waals surface area contributed by atoms with Gasteiger partial charge in [-0.3, -0.25) is 4.79 Å². The number of ether oxygens (including phenoxy) is 2. The molecule has 26 heavy (non-hydrogen) atoms. The van der Waals surface area contributed by atoms with Gasteiger partial charge in [0, 0.05) is 16.9 Å². The lowest BCUT2D eigenvalue weighted by molar-refractivity contribution is -0.120. The monoisotopic (exact) mass is 415 g/mol. The first-order chi connectivity index (χ1) is 12.7. The number of amides is 1. The van der Waals surface area contributed by atoms with Gasteiger partial charge in [-0.25, -0.2) is 0 Å². The summed E-state index contributed by atoms with van der Waals surface area (Å²) in [5.74, 6) is 1.88. The summed E-state index contributed by atoms with van der Waals surface area (Å²) >= 11 is 3.54. The number of rotatable bonds is 4. The van der Waals surface area contributed by atoms with E-state index in [9.17, 15) is 4.79 Å². The molecule has 1 aliphatic carbocycles. The number of halogens is 1. The van der Waals surface area contributed by atoms with Crippen LogP contribution in [0, 0.1) is 0 Å². The summed E-state index contributed by atoms with van der Waals surface area (Å²) in [5.41, 5.74) is 3.72. The fraction of sp³-hybridized carbons (Fsp3) is 0.381. The maximum Gasteiger partial charge on any atom is 0.224 e. The van der Waals surface area contributed by atoms with E-state index in [1.165, 1.54) is 17.5 Å². The molecule has 5 heteroatoms. The van der Waals surface area contributed by atoms with Gasteiger partial charge in [0.05, 0.1) is 6.42 Å². The van der Waals surface area contributed by atoms with Crippen molar-refractivity contribution in [1.82, 2.24) is 5.32 Å². The molecule has 1 heterocycles. The highest BCUT2D eigenvalue weighted by atomic mass is 79.9. The number of hydrogen-bond donors (Lipinski definition) is 1. The molecule has 4 rings (SSSR count). The minimum atomic E-state index is 0.0328. The van der Waals surface area contributed by atoms with Crippen molar-refractivity contribution in [3.63, 3.8) is 0 Å². The molecular formula is C21H22BrNO3. The van der Waals surface area contributed by atoms with E-state index in [1.807, 2.05) is 12.1 Å². The van der Waals surface area contributed by atoms with Crippen LogP contribution in [0.4, 0.5) is 0 Å². The molecule has 1 unspecified atom stereocenters. The fourth-order valence-electron chi connectivity index (χ4n) is 3.78. The predicted molar refractivity (Wildman–Crippen MR) is 104 cm³/mol.